The fraction of sp³-hybridized carbons (Fsp3) is 0.458. The molecule has 1 unspecified atom stereocenters. The third-order valence-corrected chi connectivity index (χ3v) is 5.06. The van der Waals surface area contributed by atoms with E-state index in [4.69, 9.17) is 10.5 Å². The van der Waals surface area contributed by atoms with Crippen molar-refractivity contribution in [2.24, 2.45) is 5.73 Å². The van der Waals surface area contributed by atoms with Gasteiger partial charge < -0.3 is 20.7 Å². The van der Waals surface area contributed by atoms with Gasteiger partial charge in [-0.25, -0.2) is 0 Å². The number of phenolic OH excluding ortho intramolecular Hbond substituents is 1. The molecule has 0 aliphatic rings. The second kappa shape index (κ2) is 9.31. The van der Waals surface area contributed by atoms with E-state index in [-0.39, 0.29) is 29.9 Å². The van der Waals surface area contributed by atoms with Gasteiger partial charge in [0, 0.05) is 5.56 Å². The van der Waals surface area contributed by atoms with Crippen molar-refractivity contribution in [3.05, 3.63) is 52.6 Å². The molecule has 1 atom stereocenters. The third kappa shape index (κ3) is 5.51. The van der Waals surface area contributed by atoms with Gasteiger partial charge in [0.1, 0.15) is 23.3 Å². The highest BCUT2D eigenvalue weighted by Crippen LogP contribution is 2.40. The molecule has 0 fully saturated rings. The lowest BCUT2D eigenvalue weighted by Gasteiger charge is -2.22. The number of carbonyl (C=O) groups is 1. The molecule has 0 bridgehead atoms. The Balaban J connectivity index is 2.55. The molecule has 0 aliphatic heterocycles. The molecule has 29 heavy (non-hydrogen) atoms. The standard InChI is InChI=1S/C24H33NO4/c1-13(2)18-12-17(7-8-22(18)26)29-23-19(14(3)4)9-16(10-20(23)15(5)6)11-21(25)24(27)28/h7-10,12-15,21,26H,11,25H2,1-6H3,(H,27,28). The van der Waals surface area contributed by atoms with E-state index in [2.05, 4.69) is 27.7 Å². The highest BCUT2D eigenvalue weighted by molar-refractivity contribution is 5.73. The second-order valence-electron chi connectivity index (χ2n) is 8.54. The van der Waals surface area contributed by atoms with Crippen molar-refractivity contribution in [1.29, 1.82) is 0 Å². The van der Waals surface area contributed by atoms with Crippen molar-refractivity contribution in [2.45, 2.75) is 71.8 Å². The number of benzene rings is 2. The molecule has 0 radical (unpaired) electrons. The highest BCUT2D eigenvalue weighted by Gasteiger charge is 2.21. The van der Waals surface area contributed by atoms with Crippen LogP contribution in [-0.4, -0.2) is 22.2 Å². The zero-order chi connectivity index (χ0) is 21.9. The lowest BCUT2D eigenvalue weighted by molar-refractivity contribution is -0.138. The van der Waals surface area contributed by atoms with Gasteiger partial charge in [0.25, 0.3) is 0 Å². The number of hydrogen-bond acceptors (Lipinski definition) is 4. The van der Waals surface area contributed by atoms with E-state index < -0.39 is 12.0 Å². The maximum atomic E-state index is 11.2. The Morgan fingerprint density at radius 2 is 1.45 bits per heavy atom. The molecular formula is C24H33NO4. The molecule has 158 valence electrons. The van der Waals surface area contributed by atoms with Crippen molar-refractivity contribution < 1.29 is 19.7 Å². The van der Waals surface area contributed by atoms with E-state index in [9.17, 15) is 15.0 Å². The molecule has 2 aromatic rings. The second-order valence-corrected chi connectivity index (χ2v) is 8.54. The number of rotatable bonds is 8. The van der Waals surface area contributed by atoms with Crippen molar-refractivity contribution in [1.82, 2.24) is 0 Å². The molecule has 5 nitrogen and oxygen atoms in total. The van der Waals surface area contributed by atoms with Gasteiger partial charge in [-0.05, 0) is 59.1 Å². The van der Waals surface area contributed by atoms with Crippen molar-refractivity contribution >= 4 is 5.97 Å². The van der Waals surface area contributed by atoms with Gasteiger partial charge in [-0.15, -0.1) is 0 Å². The fourth-order valence-corrected chi connectivity index (χ4v) is 3.35. The van der Waals surface area contributed by atoms with E-state index in [1.807, 2.05) is 32.0 Å². The first-order valence-corrected chi connectivity index (χ1v) is 10.2. The monoisotopic (exact) mass is 399 g/mol. The summed E-state index contributed by atoms with van der Waals surface area (Å²) in [4.78, 5) is 11.2. The molecule has 2 rings (SSSR count). The van der Waals surface area contributed by atoms with Crippen molar-refractivity contribution in [3.63, 3.8) is 0 Å². The van der Waals surface area contributed by atoms with Crippen molar-refractivity contribution in [2.75, 3.05) is 0 Å². The first-order chi connectivity index (χ1) is 13.5. The number of hydrogen-bond donors (Lipinski definition) is 3. The van der Waals surface area contributed by atoms with Gasteiger partial charge in [0.15, 0.2) is 0 Å². The summed E-state index contributed by atoms with van der Waals surface area (Å²) < 4.78 is 6.36. The minimum absolute atomic E-state index is 0.174. The van der Waals surface area contributed by atoms with Crippen molar-refractivity contribution in [3.8, 4) is 17.2 Å². The van der Waals surface area contributed by atoms with Crippen LogP contribution in [0.3, 0.4) is 0 Å². The topological polar surface area (TPSA) is 92.8 Å². The van der Waals surface area contributed by atoms with Gasteiger partial charge in [0.05, 0.1) is 0 Å². The molecule has 2 aromatic carbocycles. The number of aliphatic carboxylic acids is 1. The molecule has 5 heteroatoms. The number of phenols is 1. The Morgan fingerprint density at radius 3 is 1.90 bits per heavy atom. The predicted molar refractivity (Wildman–Crippen MR) is 116 cm³/mol. The van der Waals surface area contributed by atoms with Crippen LogP contribution < -0.4 is 10.5 Å². The number of carboxylic acids is 1. The third-order valence-electron chi connectivity index (χ3n) is 5.06. The van der Waals surface area contributed by atoms with Crippen LogP contribution in [0.4, 0.5) is 0 Å². The maximum Gasteiger partial charge on any atom is 0.320 e. The Bertz CT molecular complexity index is 842. The zero-order valence-corrected chi connectivity index (χ0v) is 18.2. The van der Waals surface area contributed by atoms with E-state index >= 15 is 0 Å². The van der Waals surface area contributed by atoms with E-state index in [0.29, 0.717) is 5.75 Å². The van der Waals surface area contributed by atoms with Crippen LogP contribution in [0.15, 0.2) is 30.3 Å². The van der Waals surface area contributed by atoms with Crippen LogP contribution in [0.1, 0.15) is 81.5 Å². The summed E-state index contributed by atoms with van der Waals surface area (Å²) in [6, 6.07) is 8.37. The van der Waals surface area contributed by atoms with Crippen LogP contribution in [0.5, 0.6) is 17.2 Å². The largest absolute Gasteiger partial charge is 0.508 e. The number of aromatic hydroxyl groups is 1. The Kier molecular flexibility index (Phi) is 7.31. The smallest absolute Gasteiger partial charge is 0.320 e. The molecule has 0 aliphatic carbocycles. The summed E-state index contributed by atoms with van der Waals surface area (Å²) in [7, 11) is 0. The molecule has 0 amide bonds. The number of nitrogens with two attached hydrogens (primary N) is 1. The SMILES string of the molecule is CC(C)c1cc(Oc2c(C(C)C)cc(CC(N)C(=O)O)cc2C(C)C)ccc1O. The van der Waals surface area contributed by atoms with Crippen LogP contribution >= 0.6 is 0 Å². The summed E-state index contributed by atoms with van der Waals surface area (Å²) in [5.74, 6) is 1.27. The van der Waals surface area contributed by atoms with Crippen LogP contribution in [0.2, 0.25) is 0 Å². The molecule has 0 spiro atoms. The average Bonchev–Trinajstić information content (AvgIpc) is 2.63. The summed E-state index contributed by atoms with van der Waals surface area (Å²) in [5.41, 5.74) is 9.53. The Hall–Kier alpha value is -2.53. The van der Waals surface area contributed by atoms with E-state index in [0.717, 1.165) is 28.0 Å². The van der Waals surface area contributed by atoms with E-state index in [1.54, 1.807) is 12.1 Å². The van der Waals surface area contributed by atoms with Gasteiger partial charge in [-0.2, -0.15) is 0 Å². The fourth-order valence-electron chi connectivity index (χ4n) is 3.35. The average molecular weight is 400 g/mol. The van der Waals surface area contributed by atoms with Gasteiger partial charge >= 0.3 is 5.97 Å². The minimum atomic E-state index is -1.01. The quantitative estimate of drug-likeness (QED) is 0.544. The summed E-state index contributed by atoms with van der Waals surface area (Å²) in [5, 5.41) is 19.3. The maximum absolute atomic E-state index is 11.2. The van der Waals surface area contributed by atoms with Crippen LogP contribution in [0, 0.1) is 0 Å². The molecule has 0 heterocycles. The normalized spacial score (nSPS) is 12.6. The zero-order valence-electron chi connectivity index (χ0n) is 18.2. The minimum Gasteiger partial charge on any atom is -0.508 e. The summed E-state index contributed by atoms with van der Waals surface area (Å²) in [6.45, 7) is 12.4. The molecule has 0 aromatic heterocycles. The first-order valence-electron chi connectivity index (χ1n) is 10.2. The highest BCUT2D eigenvalue weighted by atomic mass is 16.5. The Labute approximate surface area is 173 Å². The van der Waals surface area contributed by atoms with Crippen LogP contribution in [0.25, 0.3) is 0 Å². The predicted octanol–water partition coefficient (Wildman–Crippen LogP) is 5.51. The molecular weight excluding hydrogens is 366 g/mol. The number of ether oxygens (including phenoxy) is 1. The summed E-state index contributed by atoms with van der Waals surface area (Å²) >= 11 is 0. The van der Waals surface area contributed by atoms with Gasteiger partial charge in [-0.1, -0.05) is 53.7 Å². The lowest BCUT2D eigenvalue weighted by atomic mass is 9.89. The molecule has 0 saturated carbocycles. The van der Waals surface area contributed by atoms with E-state index in [1.165, 1.54) is 0 Å². The first kappa shape index (κ1) is 22.8. The summed E-state index contributed by atoms with van der Waals surface area (Å²) in [6.07, 6.45) is 0.270. The van der Waals surface area contributed by atoms with Gasteiger partial charge in [0.2, 0.25) is 0 Å². The Morgan fingerprint density at radius 1 is 0.931 bits per heavy atom. The van der Waals surface area contributed by atoms with Gasteiger partial charge in [-0.3, -0.25) is 4.79 Å². The number of carboxylic acid groups (broad SMARTS) is 1. The lowest BCUT2D eigenvalue weighted by Crippen LogP contribution is -2.32. The molecule has 0 saturated heterocycles. The van der Waals surface area contributed by atoms with Crippen LogP contribution in [-0.2, 0) is 11.2 Å². The molecule has 4 N–H and O–H groups in total.